The summed E-state index contributed by atoms with van der Waals surface area (Å²) in [5, 5.41) is 1.46. The van der Waals surface area contributed by atoms with Crippen LogP contribution in [0, 0.1) is 12.8 Å². The molecule has 1 saturated heterocycles. The molecule has 2 aromatic rings. The average molecular weight is 394 g/mol. The number of hydrogen-bond donors (Lipinski definition) is 1. The Morgan fingerprint density at radius 1 is 1.38 bits per heavy atom. The van der Waals surface area contributed by atoms with Crippen molar-refractivity contribution in [3.63, 3.8) is 0 Å². The molecule has 0 spiro atoms. The first-order valence-electron chi connectivity index (χ1n) is 9.42. The van der Waals surface area contributed by atoms with Gasteiger partial charge in [-0.3, -0.25) is 9.59 Å². The van der Waals surface area contributed by atoms with Crippen molar-refractivity contribution in [1.82, 2.24) is 14.9 Å². The number of nitrogens with one attached hydrogen (secondary N) is 1. The third kappa shape index (κ3) is 4.31. The smallest absolute Gasteiger partial charge is 0.260 e. The summed E-state index contributed by atoms with van der Waals surface area (Å²) in [6, 6.07) is 0. The van der Waals surface area contributed by atoms with E-state index in [-0.39, 0.29) is 11.5 Å². The van der Waals surface area contributed by atoms with E-state index in [9.17, 15) is 9.59 Å². The summed E-state index contributed by atoms with van der Waals surface area (Å²) in [4.78, 5) is 35.9. The van der Waals surface area contributed by atoms with Crippen LogP contribution < -0.4 is 5.56 Å². The molecule has 3 heterocycles. The Balaban J connectivity index is 1.67. The van der Waals surface area contributed by atoms with E-state index in [1.165, 1.54) is 4.88 Å². The van der Waals surface area contributed by atoms with Crippen molar-refractivity contribution < 1.29 is 4.79 Å². The number of rotatable bonds is 8. The monoisotopic (exact) mass is 393 g/mol. The number of thioether (sulfide) groups is 1. The number of carbonyl (C=O) groups excluding carboxylic acids is 1. The van der Waals surface area contributed by atoms with Crippen LogP contribution in [0.15, 0.2) is 9.95 Å². The van der Waals surface area contributed by atoms with E-state index >= 15 is 0 Å². The summed E-state index contributed by atoms with van der Waals surface area (Å²) in [5.74, 6) is 1.68. The molecule has 0 radical (unpaired) electrons. The number of aromatic amines is 1. The number of aromatic nitrogens is 2. The minimum Gasteiger partial charge on any atom is -0.343 e. The normalized spacial score (nSPS) is 16.0. The highest BCUT2D eigenvalue weighted by atomic mass is 32.2. The zero-order valence-electron chi connectivity index (χ0n) is 15.8. The van der Waals surface area contributed by atoms with Gasteiger partial charge < -0.3 is 9.88 Å². The van der Waals surface area contributed by atoms with Gasteiger partial charge in [0.2, 0.25) is 5.91 Å². The zero-order valence-corrected chi connectivity index (χ0v) is 17.4. The second kappa shape index (κ2) is 8.57. The molecule has 3 rings (SSSR count). The van der Waals surface area contributed by atoms with Gasteiger partial charge in [0.1, 0.15) is 4.83 Å². The van der Waals surface area contributed by atoms with Crippen LogP contribution in [0.4, 0.5) is 0 Å². The third-order valence-electron chi connectivity index (χ3n) is 5.07. The van der Waals surface area contributed by atoms with Crippen LogP contribution >= 0.6 is 23.1 Å². The van der Waals surface area contributed by atoms with Crippen molar-refractivity contribution >= 4 is 39.2 Å². The number of aryl methyl sites for hydroxylation is 1. The van der Waals surface area contributed by atoms with Gasteiger partial charge in [-0.15, -0.1) is 11.3 Å². The van der Waals surface area contributed by atoms with Gasteiger partial charge in [0.05, 0.1) is 5.39 Å². The van der Waals surface area contributed by atoms with Crippen molar-refractivity contribution in [2.75, 3.05) is 18.8 Å². The maximum absolute atomic E-state index is 12.6. The number of carbonyl (C=O) groups is 1. The summed E-state index contributed by atoms with van der Waals surface area (Å²) in [5.41, 5.74) is 1.15. The number of fused-ring (bicyclic) bond motifs is 1. The summed E-state index contributed by atoms with van der Waals surface area (Å²) in [7, 11) is 0. The summed E-state index contributed by atoms with van der Waals surface area (Å²) in [6.45, 7) is 8.18. The highest BCUT2D eigenvalue weighted by molar-refractivity contribution is 7.99. The van der Waals surface area contributed by atoms with Gasteiger partial charge in [0.15, 0.2) is 5.16 Å². The lowest BCUT2D eigenvalue weighted by molar-refractivity contribution is -0.127. The maximum atomic E-state index is 12.6. The standard InChI is InChI=1S/C19H27N3O2S2/c1-4-12(2)11-14-13(3)26-18-16(14)17(24)20-19(21-18)25-10-6-9-22-8-5-7-15(22)23/h12H,4-11H2,1-3H3,(H,20,21,24). The number of nitrogens with zero attached hydrogens (tertiary/aromatic N) is 2. The third-order valence-corrected chi connectivity index (χ3v) is 7.07. The first kappa shape index (κ1) is 19.4. The summed E-state index contributed by atoms with van der Waals surface area (Å²) >= 11 is 3.19. The van der Waals surface area contributed by atoms with Gasteiger partial charge in [-0.25, -0.2) is 4.98 Å². The van der Waals surface area contributed by atoms with Crippen LogP contribution in [0.2, 0.25) is 0 Å². The van der Waals surface area contributed by atoms with Crippen LogP contribution in [0.1, 0.15) is 50.0 Å². The highest BCUT2D eigenvalue weighted by Gasteiger charge is 2.19. The van der Waals surface area contributed by atoms with Crippen molar-refractivity contribution in [2.24, 2.45) is 5.92 Å². The first-order valence-corrected chi connectivity index (χ1v) is 11.2. The van der Waals surface area contributed by atoms with Crippen LogP contribution in [0.5, 0.6) is 0 Å². The molecular weight excluding hydrogens is 366 g/mol. The van der Waals surface area contributed by atoms with E-state index in [0.717, 1.165) is 60.3 Å². The predicted molar refractivity (Wildman–Crippen MR) is 109 cm³/mol. The second-order valence-corrected chi connectivity index (χ2v) is 9.38. The minimum atomic E-state index is -0.0186. The topological polar surface area (TPSA) is 66.1 Å². The van der Waals surface area contributed by atoms with Gasteiger partial charge in [-0.05, 0) is 37.7 Å². The Kier molecular flexibility index (Phi) is 6.40. The van der Waals surface area contributed by atoms with Crippen molar-refractivity contribution in [3.8, 4) is 0 Å². The predicted octanol–water partition coefficient (Wildman–Crippen LogP) is 3.99. The van der Waals surface area contributed by atoms with Crippen molar-refractivity contribution in [2.45, 2.75) is 58.0 Å². The molecule has 1 N–H and O–H groups in total. The van der Waals surface area contributed by atoms with Crippen molar-refractivity contribution in [1.29, 1.82) is 0 Å². The Labute approximate surface area is 162 Å². The van der Waals surface area contributed by atoms with E-state index in [1.54, 1.807) is 23.1 Å². The number of thiophene rings is 1. The molecule has 1 aliphatic heterocycles. The van der Waals surface area contributed by atoms with Gasteiger partial charge >= 0.3 is 0 Å². The molecule has 0 bridgehead atoms. The van der Waals surface area contributed by atoms with E-state index in [1.807, 2.05) is 4.90 Å². The largest absolute Gasteiger partial charge is 0.343 e. The lowest BCUT2D eigenvalue weighted by Gasteiger charge is -2.14. The SMILES string of the molecule is CCC(C)Cc1c(C)sc2nc(SCCCN3CCCC3=O)[nH]c(=O)c12. The Morgan fingerprint density at radius 2 is 2.19 bits per heavy atom. The van der Waals surface area contributed by atoms with Crippen LogP contribution in [0.25, 0.3) is 10.2 Å². The Hall–Kier alpha value is -1.34. The number of likely N-dealkylation sites (tertiary alicyclic amines) is 1. The molecular formula is C19H27N3O2S2. The molecule has 7 heteroatoms. The van der Waals surface area contributed by atoms with E-state index in [2.05, 4.69) is 30.7 Å². The van der Waals surface area contributed by atoms with Gasteiger partial charge in [-0.2, -0.15) is 0 Å². The van der Waals surface area contributed by atoms with Crippen molar-refractivity contribution in [3.05, 3.63) is 20.8 Å². The molecule has 1 atom stereocenters. The molecule has 0 aromatic carbocycles. The Morgan fingerprint density at radius 3 is 2.88 bits per heavy atom. The number of hydrogen-bond acceptors (Lipinski definition) is 5. The molecule has 2 aromatic heterocycles. The second-order valence-electron chi connectivity index (χ2n) is 7.09. The van der Waals surface area contributed by atoms with Crippen LogP contribution in [-0.2, 0) is 11.2 Å². The highest BCUT2D eigenvalue weighted by Crippen LogP contribution is 2.30. The molecule has 0 saturated carbocycles. The lowest BCUT2D eigenvalue weighted by atomic mass is 9.98. The average Bonchev–Trinajstić information content (AvgIpc) is 3.15. The molecule has 1 amide bonds. The van der Waals surface area contributed by atoms with E-state index < -0.39 is 0 Å². The van der Waals surface area contributed by atoms with Gasteiger partial charge in [0, 0.05) is 30.1 Å². The molecule has 0 aliphatic carbocycles. The molecule has 5 nitrogen and oxygen atoms in total. The fourth-order valence-corrected chi connectivity index (χ4v) is 5.23. The molecule has 1 fully saturated rings. The van der Waals surface area contributed by atoms with Crippen LogP contribution in [-0.4, -0.2) is 39.6 Å². The fourth-order valence-electron chi connectivity index (χ4n) is 3.33. The van der Waals surface area contributed by atoms with E-state index in [4.69, 9.17) is 0 Å². The van der Waals surface area contributed by atoms with Gasteiger partial charge in [0.25, 0.3) is 5.56 Å². The summed E-state index contributed by atoms with van der Waals surface area (Å²) < 4.78 is 0. The lowest BCUT2D eigenvalue weighted by Crippen LogP contribution is -2.25. The Bertz CT molecular complexity index is 843. The molecule has 142 valence electrons. The fraction of sp³-hybridized carbons (Fsp3) is 0.632. The van der Waals surface area contributed by atoms with E-state index in [0.29, 0.717) is 17.5 Å². The molecule has 26 heavy (non-hydrogen) atoms. The first-order chi connectivity index (χ1) is 12.5. The zero-order chi connectivity index (χ0) is 18.7. The maximum Gasteiger partial charge on any atom is 0.260 e. The number of amides is 1. The van der Waals surface area contributed by atoms with Crippen LogP contribution in [0.3, 0.4) is 0 Å². The quantitative estimate of drug-likeness (QED) is 0.418. The molecule has 1 unspecified atom stereocenters. The molecule has 1 aliphatic rings. The number of H-pyrrole nitrogens is 1. The summed E-state index contributed by atoms with van der Waals surface area (Å²) in [6.07, 6.45) is 4.63. The van der Waals surface area contributed by atoms with Gasteiger partial charge in [-0.1, -0.05) is 32.0 Å². The minimum absolute atomic E-state index is 0.0186.